The third-order valence-corrected chi connectivity index (χ3v) is 4.16. The fourth-order valence-corrected chi connectivity index (χ4v) is 2.74. The van der Waals surface area contributed by atoms with Crippen molar-refractivity contribution in [1.29, 1.82) is 0 Å². The van der Waals surface area contributed by atoms with Crippen LogP contribution in [0, 0.1) is 0 Å². The van der Waals surface area contributed by atoms with Gasteiger partial charge in [-0.15, -0.1) is 0 Å². The minimum atomic E-state index is -2.80. The molecule has 1 N–H and O–H groups in total. The van der Waals surface area contributed by atoms with Crippen molar-refractivity contribution in [3.63, 3.8) is 0 Å². The summed E-state index contributed by atoms with van der Waals surface area (Å²) in [5.41, 5.74) is 1.67. The summed E-state index contributed by atoms with van der Waals surface area (Å²) < 4.78 is 28.6. The van der Waals surface area contributed by atoms with Crippen LogP contribution >= 0.6 is 0 Å². The number of hydrogen-bond acceptors (Lipinski definition) is 1. The first-order valence-electron chi connectivity index (χ1n) is 8.22. The van der Waals surface area contributed by atoms with Gasteiger partial charge in [0.05, 0.1) is 6.10 Å². The Balaban J connectivity index is 2.76. The Bertz CT molecular complexity index is 466. The molecule has 0 aromatic heterocycles. The molecule has 1 aromatic rings. The average molecular weight is 310 g/mol. The molecule has 0 spiro atoms. The Hall–Kier alpha value is -1.22. The molecule has 1 aromatic carbocycles. The van der Waals surface area contributed by atoms with Gasteiger partial charge in [-0.3, -0.25) is 0 Å². The third-order valence-electron chi connectivity index (χ3n) is 4.16. The van der Waals surface area contributed by atoms with E-state index in [-0.39, 0.29) is 18.4 Å². The molecule has 0 fully saturated rings. The summed E-state index contributed by atoms with van der Waals surface area (Å²) in [4.78, 5) is 0. The number of halogens is 2. The van der Waals surface area contributed by atoms with Crippen LogP contribution in [-0.4, -0.2) is 17.1 Å². The fourth-order valence-electron chi connectivity index (χ4n) is 2.74. The lowest BCUT2D eigenvalue weighted by molar-refractivity contribution is 0.0237. The first-order valence-corrected chi connectivity index (χ1v) is 8.22. The normalized spacial score (nSPS) is 14.6. The quantitative estimate of drug-likeness (QED) is 0.594. The molecular weight excluding hydrogens is 282 g/mol. The number of unbranched alkanes of at least 4 members (excludes halogenated alkanes) is 1. The highest BCUT2D eigenvalue weighted by atomic mass is 19.3. The predicted octanol–water partition coefficient (Wildman–Crippen LogP) is 5.53. The number of rotatable bonds is 9. The number of benzene rings is 1. The molecule has 0 aliphatic rings. The maximum Gasteiger partial charge on any atom is 0.269 e. The number of aryl methyl sites for hydroxylation is 1. The van der Waals surface area contributed by atoms with E-state index in [4.69, 9.17) is 0 Å². The van der Waals surface area contributed by atoms with Gasteiger partial charge < -0.3 is 5.11 Å². The molecule has 124 valence electrons. The smallest absolute Gasteiger partial charge is 0.269 e. The number of hydrogen-bond donors (Lipinski definition) is 1. The highest BCUT2D eigenvalue weighted by molar-refractivity contribution is 5.23. The second kappa shape index (κ2) is 9.04. The molecule has 0 radical (unpaired) electrons. The Morgan fingerprint density at radius 2 is 1.82 bits per heavy atom. The van der Waals surface area contributed by atoms with Crippen molar-refractivity contribution in [1.82, 2.24) is 0 Å². The van der Waals surface area contributed by atoms with E-state index in [0.717, 1.165) is 12.0 Å². The summed E-state index contributed by atoms with van der Waals surface area (Å²) in [5, 5.41) is 10.3. The van der Waals surface area contributed by atoms with E-state index >= 15 is 0 Å². The van der Waals surface area contributed by atoms with Crippen LogP contribution in [0.3, 0.4) is 0 Å². The van der Waals surface area contributed by atoms with Gasteiger partial charge in [0, 0.05) is 6.42 Å². The number of alkyl halides is 2. The molecule has 0 saturated carbocycles. The number of aliphatic hydroxyl groups excluding tert-OH is 1. The highest BCUT2D eigenvalue weighted by Crippen LogP contribution is 2.35. The van der Waals surface area contributed by atoms with Crippen LogP contribution in [0.2, 0.25) is 0 Å². The van der Waals surface area contributed by atoms with E-state index in [1.165, 1.54) is 0 Å². The van der Waals surface area contributed by atoms with Crippen molar-refractivity contribution in [2.45, 2.75) is 71.3 Å². The maximum atomic E-state index is 14.3. The van der Waals surface area contributed by atoms with Gasteiger partial charge in [0.25, 0.3) is 5.92 Å². The molecular formula is C19H28F2O. The topological polar surface area (TPSA) is 20.2 Å². The van der Waals surface area contributed by atoms with Crippen molar-refractivity contribution in [2.75, 3.05) is 0 Å². The van der Waals surface area contributed by atoms with E-state index in [2.05, 4.69) is 0 Å². The molecule has 0 aliphatic carbocycles. The van der Waals surface area contributed by atoms with Crippen LogP contribution in [0.1, 0.15) is 58.4 Å². The van der Waals surface area contributed by atoms with Gasteiger partial charge in [0.15, 0.2) is 0 Å². The van der Waals surface area contributed by atoms with Crippen molar-refractivity contribution in [3.8, 4) is 0 Å². The van der Waals surface area contributed by atoms with Gasteiger partial charge in [0.1, 0.15) is 0 Å². The van der Waals surface area contributed by atoms with E-state index < -0.39 is 12.0 Å². The summed E-state index contributed by atoms with van der Waals surface area (Å²) in [5.74, 6) is -2.80. The Morgan fingerprint density at radius 1 is 1.18 bits per heavy atom. The second-order valence-electron chi connectivity index (χ2n) is 5.86. The maximum absolute atomic E-state index is 14.3. The first-order chi connectivity index (χ1) is 10.4. The summed E-state index contributed by atoms with van der Waals surface area (Å²) in [6, 6.07) is 9.81. The molecule has 0 saturated heterocycles. The van der Waals surface area contributed by atoms with Crippen LogP contribution in [-0.2, 0) is 6.42 Å². The average Bonchev–Trinajstić information content (AvgIpc) is 2.52. The molecule has 0 aliphatic heterocycles. The molecule has 1 rings (SSSR count). The summed E-state index contributed by atoms with van der Waals surface area (Å²) in [6.45, 7) is 5.30. The van der Waals surface area contributed by atoms with Crippen molar-refractivity contribution in [3.05, 3.63) is 47.0 Å². The number of aliphatic hydroxyl groups is 1. The lowest BCUT2D eigenvalue weighted by Gasteiger charge is -2.24. The van der Waals surface area contributed by atoms with E-state index in [1.54, 1.807) is 13.8 Å². The lowest BCUT2D eigenvalue weighted by Crippen LogP contribution is -2.24. The molecule has 1 unspecified atom stereocenters. The minimum Gasteiger partial charge on any atom is -0.389 e. The monoisotopic (exact) mass is 310 g/mol. The molecule has 22 heavy (non-hydrogen) atoms. The largest absolute Gasteiger partial charge is 0.389 e. The Labute approximate surface area is 133 Å². The van der Waals surface area contributed by atoms with Crippen LogP contribution in [0.25, 0.3) is 0 Å². The van der Waals surface area contributed by atoms with Crippen LogP contribution < -0.4 is 0 Å². The van der Waals surface area contributed by atoms with Gasteiger partial charge in [-0.2, -0.15) is 0 Å². The minimum absolute atomic E-state index is 0.113. The van der Waals surface area contributed by atoms with Crippen molar-refractivity contribution >= 4 is 0 Å². The molecule has 3 heteroatoms. The Kier molecular flexibility index (Phi) is 7.74. The van der Waals surface area contributed by atoms with E-state index in [9.17, 15) is 13.9 Å². The Morgan fingerprint density at radius 3 is 2.36 bits per heavy atom. The molecule has 1 atom stereocenters. The molecule has 0 amide bonds. The summed E-state index contributed by atoms with van der Waals surface area (Å²) >= 11 is 0. The van der Waals surface area contributed by atoms with Crippen molar-refractivity contribution < 1.29 is 13.9 Å². The summed E-state index contributed by atoms with van der Waals surface area (Å²) in [6.07, 6.45) is 1.77. The highest BCUT2D eigenvalue weighted by Gasteiger charge is 2.34. The molecule has 1 nitrogen and oxygen atoms in total. The SMILES string of the molecule is CCCCC(F)(F)/C(CC)=C(\C)C(O)CCc1ccccc1. The van der Waals surface area contributed by atoms with E-state index in [0.29, 0.717) is 24.8 Å². The second-order valence-corrected chi connectivity index (χ2v) is 5.86. The first kappa shape index (κ1) is 18.8. The lowest BCUT2D eigenvalue weighted by atomic mass is 9.91. The van der Waals surface area contributed by atoms with Crippen LogP contribution in [0.5, 0.6) is 0 Å². The van der Waals surface area contributed by atoms with Gasteiger partial charge in [-0.1, -0.05) is 50.6 Å². The zero-order valence-electron chi connectivity index (χ0n) is 13.9. The predicted molar refractivity (Wildman–Crippen MR) is 88.2 cm³/mol. The molecule has 0 heterocycles. The fraction of sp³-hybridized carbons (Fsp3) is 0.579. The van der Waals surface area contributed by atoms with Crippen LogP contribution in [0.15, 0.2) is 41.5 Å². The van der Waals surface area contributed by atoms with Crippen LogP contribution in [0.4, 0.5) is 8.78 Å². The standard InChI is InChI=1S/C19H28F2O/c1-4-6-14-19(20,21)17(5-2)15(3)18(22)13-12-16-10-8-7-9-11-16/h7-11,18,22H,4-6,12-14H2,1-3H3/b17-15+. The summed E-state index contributed by atoms with van der Waals surface area (Å²) in [7, 11) is 0. The zero-order chi connectivity index (χ0) is 16.6. The van der Waals surface area contributed by atoms with Crippen molar-refractivity contribution in [2.24, 2.45) is 0 Å². The van der Waals surface area contributed by atoms with Gasteiger partial charge >= 0.3 is 0 Å². The van der Waals surface area contributed by atoms with Gasteiger partial charge in [-0.25, -0.2) is 8.78 Å². The molecule has 0 bridgehead atoms. The van der Waals surface area contributed by atoms with Gasteiger partial charge in [0.2, 0.25) is 0 Å². The van der Waals surface area contributed by atoms with Gasteiger partial charge in [-0.05, 0) is 49.3 Å². The van der Waals surface area contributed by atoms with E-state index in [1.807, 2.05) is 37.3 Å². The number of allylic oxidation sites excluding steroid dienone is 1. The zero-order valence-corrected chi connectivity index (χ0v) is 13.9. The third kappa shape index (κ3) is 5.53.